The van der Waals surface area contributed by atoms with Crippen molar-refractivity contribution in [1.82, 2.24) is 25.3 Å². The van der Waals surface area contributed by atoms with Crippen molar-refractivity contribution in [2.45, 2.75) is 19.9 Å². The lowest BCUT2D eigenvalue weighted by atomic mass is 10.1. The zero-order chi connectivity index (χ0) is 20.5. The van der Waals surface area contributed by atoms with Crippen LogP contribution in [0.25, 0.3) is 0 Å². The maximum atomic E-state index is 4.36. The molecule has 2 N–H and O–H groups in total. The number of anilines is 1. The van der Waals surface area contributed by atoms with Crippen LogP contribution in [0.5, 0.6) is 0 Å². The van der Waals surface area contributed by atoms with E-state index in [1.807, 2.05) is 25.0 Å². The van der Waals surface area contributed by atoms with Gasteiger partial charge in [0.1, 0.15) is 0 Å². The van der Waals surface area contributed by atoms with Crippen LogP contribution in [-0.4, -0.2) is 68.0 Å². The van der Waals surface area contributed by atoms with Crippen LogP contribution in [0, 0.1) is 6.92 Å². The molecule has 7 heteroatoms. The van der Waals surface area contributed by atoms with Gasteiger partial charge in [-0.2, -0.15) is 5.10 Å². The highest BCUT2D eigenvalue weighted by Crippen LogP contribution is 2.16. The van der Waals surface area contributed by atoms with Crippen LogP contribution in [0.15, 0.2) is 41.7 Å². The Morgan fingerprint density at radius 3 is 2.64 bits per heavy atom. The van der Waals surface area contributed by atoms with Crippen molar-refractivity contribution < 1.29 is 0 Å². The van der Waals surface area contributed by atoms with Crippen LogP contribution in [0.3, 0.4) is 0 Å². The molecule has 7 nitrogen and oxygen atoms in total. The van der Waals surface area contributed by atoms with E-state index in [0.29, 0.717) is 0 Å². The molecule has 0 aliphatic rings. The van der Waals surface area contributed by atoms with E-state index in [1.165, 1.54) is 16.8 Å². The number of aliphatic imine (C=N–C) groups is 1. The lowest BCUT2D eigenvalue weighted by Crippen LogP contribution is -2.44. The van der Waals surface area contributed by atoms with Crippen molar-refractivity contribution in [2.24, 2.45) is 12.0 Å². The van der Waals surface area contributed by atoms with Crippen LogP contribution < -0.4 is 15.5 Å². The molecule has 0 aliphatic heterocycles. The topological polar surface area (TPSA) is 60.7 Å². The molecule has 0 fully saturated rings. The highest BCUT2D eigenvalue weighted by atomic mass is 15.3. The fourth-order valence-corrected chi connectivity index (χ4v) is 3.23. The van der Waals surface area contributed by atoms with E-state index in [4.69, 9.17) is 0 Å². The van der Waals surface area contributed by atoms with Crippen molar-refractivity contribution in [2.75, 3.05) is 52.2 Å². The summed E-state index contributed by atoms with van der Waals surface area (Å²) in [7, 11) is 7.91. The smallest absolute Gasteiger partial charge is 0.191 e. The van der Waals surface area contributed by atoms with E-state index >= 15 is 0 Å². The number of nitrogens with one attached hydrogen (secondary N) is 2. The van der Waals surface area contributed by atoms with E-state index in [-0.39, 0.29) is 6.04 Å². The molecule has 1 unspecified atom stereocenters. The number of aryl methyl sites for hydroxylation is 2. The van der Waals surface area contributed by atoms with E-state index < -0.39 is 0 Å². The van der Waals surface area contributed by atoms with E-state index in [9.17, 15) is 0 Å². The first kappa shape index (κ1) is 21.8. The number of aromatic nitrogens is 2. The standard InChI is InChI=1S/C21H35N7/c1-7-28(19-10-8-9-17(2)13-19)12-11-23-21(22-3)24-15-20(26(4)5)18-14-25-27(6)16-18/h8-10,13-14,16,20H,7,11-12,15H2,1-6H3,(H2,22,23,24). The van der Waals surface area contributed by atoms with Gasteiger partial charge < -0.3 is 20.4 Å². The van der Waals surface area contributed by atoms with Gasteiger partial charge in [-0.3, -0.25) is 9.67 Å². The summed E-state index contributed by atoms with van der Waals surface area (Å²) >= 11 is 0. The monoisotopic (exact) mass is 385 g/mol. The van der Waals surface area contributed by atoms with Crippen LogP contribution in [0.2, 0.25) is 0 Å². The van der Waals surface area contributed by atoms with Gasteiger partial charge in [0.25, 0.3) is 0 Å². The highest BCUT2D eigenvalue weighted by Gasteiger charge is 2.16. The van der Waals surface area contributed by atoms with Gasteiger partial charge in [0.05, 0.1) is 12.2 Å². The Morgan fingerprint density at radius 1 is 1.29 bits per heavy atom. The number of guanidine groups is 1. The van der Waals surface area contributed by atoms with Gasteiger partial charge >= 0.3 is 0 Å². The van der Waals surface area contributed by atoms with Crippen LogP contribution in [0.1, 0.15) is 24.1 Å². The number of rotatable bonds is 9. The number of nitrogens with zero attached hydrogens (tertiary/aromatic N) is 5. The van der Waals surface area contributed by atoms with Gasteiger partial charge in [0.15, 0.2) is 5.96 Å². The predicted molar refractivity (Wildman–Crippen MR) is 118 cm³/mol. The summed E-state index contributed by atoms with van der Waals surface area (Å²) in [5, 5.41) is 11.2. The zero-order valence-electron chi connectivity index (χ0n) is 18.1. The molecule has 0 spiro atoms. The van der Waals surface area contributed by atoms with Gasteiger partial charge in [-0.05, 0) is 45.6 Å². The van der Waals surface area contributed by atoms with Crippen molar-refractivity contribution in [3.8, 4) is 0 Å². The summed E-state index contributed by atoms with van der Waals surface area (Å²) in [5.41, 5.74) is 3.73. The van der Waals surface area contributed by atoms with Gasteiger partial charge in [0.2, 0.25) is 0 Å². The summed E-state index contributed by atoms with van der Waals surface area (Å²) in [6, 6.07) is 8.86. The van der Waals surface area contributed by atoms with Gasteiger partial charge in [0, 0.05) is 57.7 Å². The predicted octanol–water partition coefficient (Wildman–Crippen LogP) is 2.02. The Bertz CT molecular complexity index is 751. The molecular weight excluding hydrogens is 350 g/mol. The minimum Gasteiger partial charge on any atom is -0.370 e. The highest BCUT2D eigenvalue weighted by molar-refractivity contribution is 5.79. The Kier molecular flexibility index (Phi) is 8.32. The fourth-order valence-electron chi connectivity index (χ4n) is 3.23. The summed E-state index contributed by atoms with van der Waals surface area (Å²) in [6.07, 6.45) is 3.98. The molecule has 0 radical (unpaired) electrons. The van der Waals surface area contributed by atoms with Crippen LogP contribution in [-0.2, 0) is 7.05 Å². The molecule has 154 valence electrons. The van der Waals surface area contributed by atoms with Gasteiger partial charge in [-0.15, -0.1) is 0 Å². The van der Waals surface area contributed by atoms with Crippen molar-refractivity contribution in [3.05, 3.63) is 47.8 Å². The van der Waals surface area contributed by atoms with E-state index in [0.717, 1.165) is 32.1 Å². The number of hydrogen-bond donors (Lipinski definition) is 2. The molecule has 2 aromatic rings. The second kappa shape index (κ2) is 10.7. The molecule has 0 saturated carbocycles. The summed E-state index contributed by atoms with van der Waals surface area (Å²) in [4.78, 5) is 8.92. The normalized spacial score (nSPS) is 12.9. The first-order valence-electron chi connectivity index (χ1n) is 9.85. The average Bonchev–Trinajstić information content (AvgIpc) is 3.09. The number of hydrogen-bond acceptors (Lipinski definition) is 4. The molecule has 1 atom stereocenters. The molecule has 28 heavy (non-hydrogen) atoms. The van der Waals surface area contributed by atoms with Gasteiger partial charge in [-0.1, -0.05) is 12.1 Å². The third-order valence-electron chi connectivity index (χ3n) is 4.84. The molecule has 2 rings (SSSR count). The fraction of sp³-hybridized carbons (Fsp3) is 0.524. The molecule has 0 aliphatic carbocycles. The first-order valence-corrected chi connectivity index (χ1v) is 9.85. The quantitative estimate of drug-likeness (QED) is 0.511. The molecule has 0 saturated heterocycles. The van der Waals surface area contributed by atoms with Crippen LogP contribution >= 0.6 is 0 Å². The maximum Gasteiger partial charge on any atom is 0.191 e. The second-order valence-electron chi connectivity index (χ2n) is 7.23. The zero-order valence-corrected chi connectivity index (χ0v) is 18.1. The molecule has 0 amide bonds. The third-order valence-corrected chi connectivity index (χ3v) is 4.84. The molecule has 1 heterocycles. The molecule has 1 aromatic heterocycles. The summed E-state index contributed by atoms with van der Waals surface area (Å²) < 4.78 is 1.84. The first-order chi connectivity index (χ1) is 13.4. The molecule has 0 bridgehead atoms. The Labute approximate surface area is 169 Å². The Hall–Kier alpha value is -2.54. The number of likely N-dealkylation sites (N-methyl/N-ethyl adjacent to an activating group) is 2. The minimum atomic E-state index is 0.228. The van der Waals surface area contributed by atoms with Gasteiger partial charge in [-0.25, -0.2) is 0 Å². The van der Waals surface area contributed by atoms with Crippen molar-refractivity contribution >= 4 is 11.6 Å². The largest absolute Gasteiger partial charge is 0.370 e. The Balaban J connectivity index is 1.86. The molecular formula is C21H35N7. The molecule has 1 aromatic carbocycles. The SMILES string of the molecule is CCN(CCNC(=NC)NCC(c1cnn(C)c1)N(C)C)c1cccc(C)c1. The number of benzene rings is 1. The lowest BCUT2D eigenvalue weighted by molar-refractivity contribution is 0.298. The van der Waals surface area contributed by atoms with Crippen LogP contribution in [0.4, 0.5) is 5.69 Å². The summed E-state index contributed by atoms with van der Waals surface area (Å²) in [6.45, 7) is 7.78. The maximum absolute atomic E-state index is 4.36. The van der Waals surface area contributed by atoms with E-state index in [1.54, 1.807) is 0 Å². The third kappa shape index (κ3) is 6.27. The van der Waals surface area contributed by atoms with E-state index in [2.05, 4.69) is 88.9 Å². The second-order valence-corrected chi connectivity index (χ2v) is 7.23. The lowest BCUT2D eigenvalue weighted by Gasteiger charge is -2.26. The minimum absolute atomic E-state index is 0.228. The summed E-state index contributed by atoms with van der Waals surface area (Å²) in [5.74, 6) is 0.816. The average molecular weight is 386 g/mol. The van der Waals surface area contributed by atoms with Crippen molar-refractivity contribution in [3.63, 3.8) is 0 Å². The Morgan fingerprint density at radius 2 is 2.07 bits per heavy atom. The van der Waals surface area contributed by atoms with Crippen molar-refractivity contribution in [1.29, 1.82) is 0 Å².